The van der Waals surface area contributed by atoms with Gasteiger partial charge in [0.05, 0.1) is 19.2 Å². The van der Waals surface area contributed by atoms with Crippen LogP contribution in [0.3, 0.4) is 0 Å². The van der Waals surface area contributed by atoms with Gasteiger partial charge in [-0.05, 0) is 25.8 Å². The monoisotopic (exact) mass is 477 g/mol. The van der Waals surface area contributed by atoms with Crippen molar-refractivity contribution >= 4 is 23.7 Å². The number of H-pyrrole nitrogens is 2. The van der Waals surface area contributed by atoms with Crippen molar-refractivity contribution in [3.8, 4) is 0 Å². The molecule has 34 heavy (non-hydrogen) atoms. The zero-order valence-electron chi connectivity index (χ0n) is 18.6. The molecule has 10 N–H and O–H groups in total. The second-order valence-corrected chi connectivity index (χ2v) is 7.63. The molecule has 186 valence electrons. The molecule has 2 heterocycles. The fraction of sp³-hybridized carbons (Fsp3) is 0.500. The Morgan fingerprint density at radius 2 is 1.41 bits per heavy atom. The van der Waals surface area contributed by atoms with Gasteiger partial charge in [0, 0.05) is 36.6 Å². The molecule has 0 saturated carbocycles. The van der Waals surface area contributed by atoms with E-state index in [0.717, 1.165) is 0 Å². The zero-order chi connectivity index (χ0) is 24.9. The number of carboxylic acid groups (broad SMARTS) is 1. The van der Waals surface area contributed by atoms with Crippen molar-refractivity contribution < 1.29 is 24.3 Å². The first-order valence-electron chi connectivity index (χ1n) is 10.8. The number of nitrogens with zero attached hydrogens (tertiary/aromatic N) is 2. The third-order valence-electron chi connectivity index (χ3n) is 4.99. The highest BCUT2D eigenvalue weighted by Crippen LogP contribution is 2.06. The number of aromatic amines is 2. The van der Waals surface area contributed by atoms with Gasteiger partial charge in [0.15, 0.2) is 0 Å². The number of rotatable bonds is 15. The molecule has 0 saturated heterocycles. The molecule has 2 aromatic heterocycles. The average Bonchev–Trinajstić information content (AvgIpc) is 3.51. The number of aliphatic carboxylic acids is 1. The van der Waals surface area contributed by atoms with Crippen LogP contribution >= 0.6 is 0 Å². The highest BCUT2D eigenvalue weighted by molar-refractivity contribution is 5.93. The molecule has 2 aromatic rings. The quantitative estimate of drug-likeness (QED) is 0.127. The van der Waals surface area contributed by atoms with Crippen LogP contribution in [-0.2, 0) is 32.0 Å². The van der Waals surface area contributed by atoms with E-state index in [9.17, 15) is 24.3 Å². The number of nitrogens with one attached hydrogen (secondary N) is 5. The average molecular weight is 478 g/mol. The molecule has 0 spiro atoms. The molecule has 2 rings (SSSR count). The predicted octanol–water partition coefficient (Wildman–Crippen LogP) is -2.46. The fourth-order valence-corrected chi connectivity index (χ4v) is 3.20. The number of carbonyl (C=O) groups is 4. The van der Waals surface area contributed by atoms with Crippen molar-refractivity contribution in [3.63, 3.8) is 0 Å². The SMILES string of the molecule is NCCCCC(NC(=O)C(Cc1cnc[nH]1)NC(=O)CN)C(=O)NC(Cc1cnc[nH]1)C(=O)O. The molecule has 0 radical (unpaired) electrons. The summed E-state index contributed by atoms with van der Waals surface area (Å²) in [7, 11) is 0. The summed E-state index contributed by atoms with van der Waals surface area (Å²) in [4.78, 5) is 62.9. The van der Waals surface area contributed by atoms with Crippen LogP contribution in [0.1, 0.15) is 30.7 Å². The minimum Gasteiger partial charge on any atom is -0.480 e. The van der Waals surface area contributed by atoms with Crippen LogP contribution in [0.25, 0.3) is 0 Å². The van der Waals surface area contributed by atoms with Gasteiger partial charge < -0.3 is 42.5 Å². The Balaban J connectivity index is 2.12. The minimum atomic E-state index is -1.24. The maximum Gasteiger partial charge on any atom is 0.326 e. The molecule has 0 aromatic carbocycles. The maximum absolute atomic E-state index is 13.0. The number of carbonyl (C=O) groups excluding carboxylic acids is 3. The number of hydrogen-bond acceptors (Lipinski definition) is 8. The summed E-state index contributed by atoms with van der Waals surface area (Å²) in [5.74, 6) is -3.07. The number of aromatic nitrogens is 4. The van der Waals surface area contributed by atoms with E-state index < -0.39 is 41.8 Å². The Labute approximate surface area is 195 Å². The van der Waals surface area contributed by atoms with Crippen molar-refractivity contribution in [2.45, 2.75) is 50.2 Å². The van der Waals surface area contributed by atoms with Crippen LogP contribution in [0.4, 0.5) is 0 Å². The summed E-state index contributed by atoms with van der Waals surface area (Å²) < 4.78 is 0. The van der Waals surface area contributed by atoms with Crippen molar-refractivity contribution in [2.75, 3.05) is 13.1 Å². The largest absolute Gasteiger partial charge is 0.480 e. The van der Waals surface area contributed by atoms with E-state index in [-0.39, 0.29) is 25.8 Å². The van der Waals surface area contributed by atoms with Crippen molar-refractivity contribution in [3.05, 3.63) is 36.4 Å². The zero-order valence-corrected chi connectivity index (χ0v) is 18.6. The summed E-state index contributed by atoms with van der Waals surface area (Å²) in [6, 6.07) is -3.30. The second-order valence-electron chi connectivity index (χ2n) is 7.63. The summed E-state index contributed by atoms with van der Waals surface area (Å²) in [5, 5.41) is 17.2. The Kier molecular flexibility index (Phi) is 10.7. The van der Waals surface area contributed by atoms with Crippen molar-refractivity contribution in [1.29, 1.82) is 0 Å². The van der Waals surface area contributed by atoms with Crippen LogP contribution in [0.2, 0.25) is 0 Å². The molecular weight excluding hydrogens is 446 g/mol. The number of imidazole rings is 2. The third kappa shape index (κ3) is 8.63. The van der Waals surface area contributed by atoms with E-state index in [1.54, 1.807) is 0 Å². The van der Waals surface area contributed by atoms with Crippen LogP contribution < -0.4 is 27.4 Å². The van der Waals surface area contributed by atoms with Gasteiger partial charge in [-0.15, -0.1) is 0 Å². The predicted molar refractivity (Wildman–Crippen MR) is 120 cm³/mol. The molecular formula is C20H31N9O5. The van der Waals surface area contributed by atoms with Gasteiger partial charge in [-0.25, -0.2) is 14.8 Å². The standard InChI is InChI=1S/C20H31N9O5/c21-4-2-1-3-14(18(31)29-16(20(33)34)6-13-9-24-11-26-13)28-19(32)15(27-17(30)7-22)5-12-8-23-10-25-12/h8-11,14-16H,1-7,21-22H2,(H,23,25)(H,24,26)(H,27,30)(H,28,32)(H,29,31)(H,33,34). The lowest BCUT2D eigenvalue weighted by Crippen LogP contribution is -2.57. The lowest BCUT2D eigenvalue weighted by molar-refractivity contribution is -0.142. The first-order valence-corrected chi connectivity index (χ1v) is 10.8. The fourth-order valence-electron chi connectivity index (χ4n) is 3.20. The minimum absolute atomic E-state index is 0.0143. The molecule has 3 unspecified atom stereocenters. The Morgan fingerprint density at radius 3 is 1.91 bits per heavy atom. The topological polar surface area (TPSA) is 234 Å². The number of nitrogens with two attached hydrogens (primary N) is 2. The first kappa shape index (κ1) is 26.5. The Bertz CT molecular complexity index is 917. The summed E-state index contributed by atoms with van der Waals surface area (Å²) in [5.41, 5.74) is 12.0. The van der Waals surface area contributed by atoms with Gasteiger partial charge in [0.1, 0.15) is 18.1 Å². The van der Waals surface area contributed by atoms with Crippen LogP contribution in [0.5, 0.6) is 0 Å². The molecule has 0 aliphatic heterocycles. The number of amides is 3. The number of unbranched alkanes of at least 4 members (excludes halogenated alkanes) is 1. The summed E-state index contributed by atoms with van der Waals surface area (Å²) >= 11 is 0. The highest BCUT2D eigenvalue weighted by atomic mass is 16.4. The molecule has 0 aliphatic carbocycles. The van der Waals surface area contributed by atoms with E-state index in [0.29, 0.717) is 30.8 Å². The number of hydrogen-bond donors (Lipinski definition) is 8. The van der Waals surface area contributed by atoms with E-state index in [1.165, 1.54) is 25.0 Å². The molecule has 14 heteroatoms. The molecule has 0 fully saturated rings. The van der Waals surface area contributed by atoms with Crippen LogP contribution in [0, 0.1) is 0 Å². The van der Waals surface area contributed by atoms with Crippen LogP contribution in [0.15, 0.2) is 25.0 Å². The van der Waals surface area contributed by atoms with Gasteiger partial charge in [-0.1, -0.05) is 0 Å². The van der Waals surface area contributed by atoms with Gasteiger partial charge in [-0.2, -0.15) is 0 Å². The normalized spacial score (nSPS) is 13.5. The first-order chi connectivity index (χ1) is 16.3. The van der Waals surface area contributed by atoms with E-state index in [2.05, 4.69) is 35.9 Å². The maximum atomic E-state index is 13.0. The van der Waals surface area contributed by atoms with Crippen molar-refractivity contribution in [2.24, 2.45) is 11.5 Å². The lowest BCUT2D eigenvalue weighted by Gasteiger charge is -2.24. The van der Waals surface area contributed by atoms with Gasteiger partial charge in [0.2, 0.25) is 17.7 Å². The molecule has 3 amide bonds. The lowest BCUT2D eigenvalue weighted by atomic mass is 10.1. The van der Waals surface area contributed by atoms with Gasteiger partial charge >= 0.3 is 5.97 Å². The van der Waals surface area contributed by atoms with Crippen LogP contribution in [-0.4, -0.2) is 79.9 Å². The molecule has 0 bridgehead atoms. The molecule has 14 nitrogen and oxygen atoms in total. The van der Waals surface area contributed by atoms with Crippen molar-refractivity contribution in [1.82, 2.24) is 35.9 Å². The van der Waals surface area contributed by atoms with E-state index in [4.69, 9.17) is 11.5 Å². The third-order valence-corrected chi connectivity index (χ3v) is 4.99. The van der Waals surface area contributed by atoms with E-state index in [1.807, 2.05) is 0 Å². The summed E-state index contributed by atoms with van der Waals surface area (Å²) in [6.45, 7) is 0.0793. The highest BCUT2D eigenvalue weighted by Gasteiger charge is 2.30. The summed E-state index contributed by atoms with van der Waals surface area (Å²) in [6.07, 6.45) is 7.24. The smallest absolute Gasteiger partial charge is 0.326 e. The Morgan fingerprint density at radius 1 is 0.853 bits per heavy atom. The number of carboxylic acids is 1. The molecule has 3 atom stereocenters. The van der Waals surface area contributed by atoms with Gasteiger partial charge in [-0.3, -0.25) is 14.4 Å². The second kappa shape index (κ2) is 13.7. The Hall–Kier alpha value is -3.78. The van der Waals surface area contributed by atoms with Gasteiger partial charge in [0.25, 0.3) is 0 Å². The van der Waals surface area contributed by atoms with E-state index >= 15 is 0 Å². The molecule has 0 aliphatic rings.